The monoisotopic (exact) mass is 339 g/mol. The normalized spacial score (nSPS) is 19.0. The number of pyridine rings is 1. The van der Waals surface area contributed by atoms with E-state index in [0.29, 0.717) is 16.5 Å². The first-order chi connectivity index (χ1) is 11.7. The maximum absolute atomic E-state index is 12.3. The van der Waals surface area contributed by atoms with Crippen LogP contribution in [0.15, 0.2) is 55.2 Å². The second-order valence-corrected chi connectivity index (χ2v) is 6.17. The van der Waals surface area contributed by atoms with Crippen molar-refractivity contribution in [1.29, 1.82) is 0 Å². The number of nitrogens with zero attached hydrogens (tertiary/aromatic N) is 4. The first-order valence-electron chi connectivity index (χ1n) is 7.58. The van der Waals surface area contributed by atoms with E-state index in [1.54, 1.807) is 23.3 Å². The van der Waals surface area contributed by atoms with Crippen molar-refractivity contribution in [2.24, 2.45) is 5.92 Å². The number of carbonyl (C=O) groups excluding carboxylic acids is 1. The third-order valence-corrected chi connectivity index (χ3v) is 4.35. The highest BCUT2D eigenvalue weighted by atomic mass is 35.5. The molecule has 1 saturated carbocycles. The van der Waals surface area contributed by atoms with Crippen LogP contribution in [-0.2, 0) is 4.79 Å². The van der Waals surface area contributed by atoms with Crippen molar-refractivity contribution in [3.05, 3.63) is 65.8 Å². The van der Waals surface area contributed by atoms with Crippen LogP contribution in [0.1, 0.15) is 17.9 Å². The van der Waals surface area contributed by atoms with Gasteiger partial charge in [-0.2, -0.15) is 5.10 Å². The fourth-order valence-electron chi connectivity index (χ4n) is 2.72. The summed E-state index contributed by atoms with van der Waals surface area (Å²) in [6, 6.07) is 11.3. The molecule has 1 aromatic carbocycles. The zero-order chi connectivity index (χ0) is 16.5. The SMILES string of the molecule is O=C(Nc1ccc(-n2cncn2)nc1)[C@H]1C[C@@H]1c1ccc(Cl)cc1. The Morgan fingerprint density at radius 3 is 2.71 bits per heavy atom. The molecule has 120 valence electrons. The predicted octanol–water partition coefficient (Wildman–Crippen LogP) is 3.06. The van der Waals surface area contributed by atoms with Gasteiger partial charge in [0.2, 0.25) is 5.91 Å². The molecule has 0 aliphatic heterocycles. The van der Waals surface area contributed by atoms with Gasteiger partial charge in [0.15, 0.2) is 5.82 Å². The van der Waals surface area contributed by atoms with Gasteiger partial charge < -0.3 is 5.32 Å². The maximum Gasteiger partial charge on any atom is 0.228 e. The highest BCUT2D eigenvalue weighted by Gasteiger charge is 2.43. The third-order valence-electron chi connectivity index (χ3n) is 4.09. The van der Waals surface area contributed by atoms with E-state index in [1.165, 1.54) is 6.33 Å². The molecule has 1 amide bonds. The summed E-state index contributed by atoms with van der Waals surface area (Å²) in [6.45, 7) is 0. The quantitative estimate of drug-likeness (QED) is 0.793. The van der Waals surface area contributed by atoms with E-state index in [4.69, 9.17) is 11.6 Å². The van der Waals surface area contributed by atoms with Crippen LogP contribution >= 0.6 is 11.6 Å². The van der Waals surface area contributed by atoms with Crippen LogP contribution < -0.4 is 5.32 Å². The van der Waals surface area contributed by atoms with Crippen molar-refractivity contribution in [1.82, 2.24) is 19.7 Å². The van der Waals surface area contributed by atoms with Gasteiger partial charge in [-0.25, -0.2) is 14.6 Å². The molecule has 0 saturated heterocycles. The first kappa shape index (κ1) is 14.8. The van der Waals surface area contributed by atoms with Crippen molar-refractivity contribution in [3.8, 4) is 5.82 Å². The zero-order valence-electron chi connectivity index (χ0n) is 12.6. The summed E-state index contributed by atoms with van der Waals surface area (Å²) in [7, 11) is 0. The number of hydrogen-bond acceptors (Lipinski definition) is 4. The zero-order valence-corrected chi connectivity index (χ0v) is 13.4. The summed E-state index contributed by atoms with van der Waals surface area (Å²) >= 11 is 5.90. The van der Waals surface area contributed by atoms with Gasteiger partial charge in [0.1, 0.15) is 12.7 Å². The molecule has 0 bridgehead atoms. The van der Waals surface area contributed by atoms with E-state index < -0.39 is 0 Å². The number of halogens is 1. The Bertz CT molecular complexity index is 846. The average Bonchev–Trinajstić information content (AvgIpc) is 3.21. The number of amides is 1. The number of carbonyl (C=O) groups is 1. The number of anilines is 1. The van der Waals surface area contributed by atoms with Crippen LogP contribution in [-0.4, -0.2) is 25.7 Å². The van der Waals surface area contributed by atoms with E-state index in [9.17, 15) is 4.79 Å². The highest BCUT2D eigenvalue weighted by Crippen LogP contribution is 2.48. The van der Waals surface area contributed by atoms with Crippen molar-refractivity contribution in [2.75, 3.05) is 5.32 Å². The molecule has 1 fully saturated rings. The molecule has 2 atom stereocenters. The molecular formula is C17H14ClN5O. The number of benzene rings is 1. The van der Waals surface area contributed by atoms with Crippen LogP contribution in [0.25, 0.3) is 5.82 Å². The molecule has 4 rings (SSSR count). The molecule has 1 N–H and O–H groups in total. The fraction of sp³-hybridized carbons (Fsp3) is 0.176. The van der Waals surface area contributed by atoms with Gasteiger partial charge >= 0.3 is 0 Å². The smallest absolute Gasteiger partial charge is 0.228 e. The minimum Gasteiger partial charge on any atom is -0.324 e. The Hall–Kier alpha value is -2.73. The number of hydrogen-bond donors (Lipinski definition) is 1. The predicted molar refractivity (Wildman–Crippen MR) is 90.1 cm³/mol. The van der Waals surface area contributed by atoms with Crippen LogP contribution in [0.5, 0.6) is 0 Å². The summed E-state index contributed by atoms with van der Waals surface area (Å²) in [6.07, 6.45) is 5.50. The lowest BCUT2D eigenvalue weighted by Gasteiger charge is -2.06. The lowest BCUT2D eigenvalue weighted by Crippen LogP contribution is -2.15. The second-order valence-electron chi connectivity index (χ2n) is 5.73. The molecule has 7 heteroatoms. The molecule has 2 aromatic heterocycles. The summed E-state index contributed by atoms with van der Waals surface area (Å²) < 4.78 is 1.56. The van der Waals surface area contributed by atoms with Gasteiger partial charge in [0.05, 0.1) is 11.9 Å². The Labute approximate surface area is 143 Å². The van der Waals surface area contributed by atoms with E-state index >= 15 is 0 Å². The Morgan fingerprint density at radius 1 is 1.21 bits per heavy atom. The van der Waals surface area contributed by atoms with Crippen molar-refractivity contribution < 1.29 is 4.79 Å². The topological polar surface area (TPSA) is 72.7 Å². The van der Waals surface area contributed by atoms with Gasteiger partial charge in [0.25, 0.3) is 0 Å². The summed E-state index contributed by atoms with van der Waals surface area (Å²) in [4.78, 5) is 20.5. The fourth-order valence-corrected chi connectivity index (χ4v) is 2.85. The standard InChI is InChI=1S/C17H14ClN5O/c18-12-3-1-11(2-4-12)14-7-15(14)17(24)22-13-5-6-16(20-8-13)23-10-19-9-21-23/h1-6,8-10,14-15H,7H2,(H,22,24)/t14-,15+/m1/s1. The van der Waals surface area contributed by atoms with Crippen molar-refractivity contribution in [3.63, 3.8) is 0 Å². The Balaban J connectivity index is 1.39. The minimum atomic E-state index is 0.00108. The molecular weight excluding hydrogens is 326 g/mol. The molecule has 1 aliphatic carbocycles. The Kier molecular flexibility index (Phi) is 3.74. The maximum atomic E-state index is 12.3. The lowest BCUT2D eigenvalue weighted by atomic mass is 10.1. The van der Waals surface area contributed by atoms with E-state index in [0.717, 1.165) is 12.0 Å². The van der Waals surface area contributed by atoms with Gasteiger partial charge in [-0.15, -0.1) is 0 Å². The van der Waals surface area contributed by atoms with E-state index in [1.807, 2.05) is 30.3 Å². The first-order valence-corrected chi connectivity index (χ1v) is 7.96. The molecule has 1 aliphatic rings. The van der Waals surface area contributed by atoms with Gasteiger partial charge in [-0.05, 0) is 42.2 Å². The number of aromatic nitrogens is 4. The molecule has 6 nitrogen and oxygen atoms in total. The largest absolute Gasteiger partial charge is 0.324 e. The van der Waals surface area contributed by atoms with Crippen LogP contribution in [0.3, 0.4) is 0 Å². The van der Waals surface area contributed by atoms with E-state index in [2.05, 4.69) is 20.4 Å². The number of rotatable bonds is 4. The second kappa shape index (κ2) is 6.05. The minimum absolute atomic E-state index is 0.00108. The third kappa shape index (κ3) is 3.00. The summed E-state index contributed by atoms with van der Waals surface area (Å²) in [5, 5.41) is 7.63. The van der Waals surface area contributed by atoms with Crippen LogP contribution in [0.4, 0.5) is 5.69 Å². The van der Waals surface area contributed by atoms with E-state index in [-0.39, 0.29) is 17.7 Å². The molecule has 3 aromatic rings. The summed E-state index contributed by atoms with van der Waals surface area (Å²) in [5.74, 6) is 0.937. The van der Waals surface area contributed by atoms with Crippen LogP contribution in [0.2, 0.25) is 5.02 Å². The number of nitrogens with one attached hydrogen (secondary N) is 1. The van der Waals surface area contributed by atoms with Crippen LogP contribution in [0, 0.1) is 5.92 Å². The molecule has 2 heterocycles. The molecule has 0 spiro atoms. The van der Waals surface area contributed by atoms with Gasteiger partial charge in [-0.3, -0.25) is 4.79 Å². The Morgan fingerprint density at radius 2 is 2.04 bits per heavy atom. The van der Waals surface area contributed by atoms with Crippen molar-refractivity contribution >= 4 is 23.2 Å². The summed E-state index contributed by atoms with van der Waals surface area (Å²) in [5.41, 5.74) is 1.82. The molecule has 0 radical (unpaired) electrons. The van der Waals surface area contributed by atoms with Gasteiger partial charge in [-0.1, -0.05) is 23.7 Å². The highest BCUT2D eigenvalue weighted by molar-refractivity contribution is 6.30. The van der Waals surface area contributed by atoms with Gasteiger partial charge in [0, 0.05) is 10.9 Å². The molecule has 0 unspecified atom stereocenters. The average molecular weight is 340 g/mol. The van der Waals surface area contributed by atoms with Crippen molar-refractivity contribution in [2.45, 2.75) is 12.3 Å². The lowest BCUT2D eigenvalue weighted by molar-refractivity contribution is -0.117. The molecule has 24 heavy (non-hydrogen) atoms.